The molecule has 4 nitrogen and oxygen atoms in total. The van der Waals surface area contributed by atoms with Crippen LogP contribution in [-0.2, 0) is 0 Å². The van der Waals surface area contributed by atoms with E-state index < -0.39 is 0 Å². The molecular formula is C49H36N4. The summed E-state index contributed by atoms with van der Waals surface area (Å²) >= 11 is 0. The average Bonchev–Trinajstić information content (AvgIpc) is 3.24. The molecular weight excluding hydrogens is 645 g/mol. The molecule has 53 heavy (non-hydrogen) atoms. The zero-order valence-corrected chi connectivity index (χ0v) is 29.3. The average molecular weight is 681 g/mol. The summed E-state index contributed by atoms with van der Waals surface area (Å²) in [6.45, 7) is 2.14. The number of hydrogen-bond donors (Lipinski definition) is 1. The first-order valence-corrected chi connectivity index (χ1v) is 18.0. The molecule has 6 aromatic carbocycles. The molecule has 1 N–H and O–H groups in total. The normalized spacial score (nSPS) is 13.6. The van der Waals surface area contributed by atoms with E-state index in [1.54, 1.807) is 0 Å². The van der Waals surface area contributed by atoms with Crippen LogP contribution in [0.2, 0.25) is 0 Å². The molecule has 1 atom stereocenters. The lowest BCUT2D eigenvalue weighted by atomic mass is 9.93. The number of pyridine rings is 1. The molecule has 8 aromatic rings. The molecule has 0 aliphatic carbocycles. The van der Waals surface area contributed by atoms with Gasteiger partial charge in [0.15, 0.2) is 5.82 Å². The van der Waals surface area contributed by atoms with Crippen molar-refractivity contribution < 1.29 is 0 Å². The van der Waals surface area contributed by atoms with Crippen LogP contribution in [0.4, 0.5) is 0 Å². The van der Waals surface area contributed by atoms with Crippen LogP contribution in [0.3, 0.4) is 0 Å². The molecule has 4 heteroatoms. The molecule has 1 unspecified atom stereocenters. The first kappa shape index (κ1) is 32.0. The highest BCUT2D eigenvalue weighted by atomic mass is 14.9. The standard InChI is InChI=1S/C49H36N4/c1-33-11-2-4-14-42(33)47-32-48(44-16-10-13-36-12-3-5-15-43(36)44)53-49(52-47)41-30-39(34-19-23-37(24-20-34)45-17-6-8-27-50-45)29-40(31-41)35-21-25-38(26-22-35)46-18-7-9-28-51-46/h2-32,45,50H,1H3. The van der Waals surface area contributed by atoms with E-state index in [1.807, 2.05) is 36.7 Å². The van der Waals surface area contributed by atoms with Crippen LogP contribution in [-0.4, -0.2) is 15.0 Å². The van der Waals surface area contributed by atoms with Crippen LogP contribution in [0.25, 0.3) is 78.2 Å². The van der Waals surface area contributed by atoms with E-state index in [2.05, 4.69) is 169 Å². The SMILES string of the molecule is Cc1ccccc1-c1cc(-c2cccc3ccccc23)nc(-c2cc(-c3ccc(-c4ccccn4)cc3)cc(-c3ccc(C4C=CC=CN4)cc3)c2)n1. The van der Waals surface area contributed by atoms with E-state index >= 15 is 0 Å². The minimum atomic E-state index is 0.152. The van der Waals surface area contributed by atoms with Gasteiger partial charge in [0.1, 0.15) is 0 Å². The second kappa shape index (κ2) is 14.0. The van der Waals surface area contributed by atoms with Gasteiger partial charge >= 0.3 is 0 Å². The highest BCUT2D eigenvalue weighted by Gasteiger charge is 2.16. The minimum Gasteiger partial charge on any atom is -0.381 e. The Kier molecular flexibility index (Phi) is 8.47. The predicted molar refractivity (Wildman–Crippen MR) is 219 cm³/mol. The quantitative estimate of drug-likeness (QED) is 0.182. The Hall–Kier alpha value is -6.91. The molecule has 0 saturated heterocycles. The fraction of sp³-hybridized carbons (Fsp3) is 0.0408. The van der Waals surface area contributed by atoms with E-state index in [-0.39, 0.29) is 6.04 Å². The maximum absolute atomic E-state index is 5.34. The third kappa shape index (κ3) is 6.55. The lowest BCUT2D eigenvalue weighted by Crippen LogP contribution is -2.14. The van der Waals surface area contributed by atoms with Gasteiger partial charge in [-0.2, -0.15) is 0 Å². The number of hydrogen-bond acceptors (Lipinski definition) is 4. The number of dihydropyridines is 1. The zero-order valence-electron chi connectivity index (χ0n) is 29.3. The molecule has 1 aliphatic heterocycles. The summed E-state index contributed by atoms with van der Waals surface area (Å²) < 4.78 is 0. The Morgan fingerprint density at radius 2 is 1.13 bits per heavy atom. The van der Waals surface area contributed by atoms with E-state index in [0.29, 0.717) is 5.82 Å². The number of rotatable bonds is 7. The van der Waals surface area contributed by atoms with Crippen LogP contribution in [0.15, 0.2) is 188 Å². The van der Waals surface area contributed by atoms with Crippen LogP contribution in [0.1, 0.15) is 17.2 Å². The third-order valence-electron chi connectivity index (χ3n) is 9.97. The zero-order chi connectivity index (χ0) is 35.6. The van der Waals surface area contributed by atoms with Gasteiger partial charge in [-0.3, -0.25) is 4.98 Å². The summed E-state index contributed by atoms with van der Waals surface area (Å²) in [6.07, 6.45) is 10.1. The Morgan fingerprint density at radius 1 is 0.491 bits per heavy atom. The van der Waals surface area contributed by atoms with Gasteiger partial charge < -0.3 is 5.32 Å². The number of aromatic nitrogens is 3. The molecule has 3 heterocycles. The number of aryl methyl sites for hydroxylation is 1. The lowest BCUT2D eigenvalue weighted by Gasteiger charge is -2.17. The Morgan fingerprint density at radius 3 is 1.87 bits per heavy atom. The summed E-state index contributed by atoms with van der Waals surface area (Å²) in [5.41, 5.74) is 13.8. The van der Waals surface area contributed by atoms with Crippen molar-refractivity contribution in [3.05, 3.63) is 199 Å². The highest BCUT2D eigenvalue weighted by molar-refractivity contribution is 5.96. The van der Waals surface area contributed by atoms with Crippen LogP contribution >= 0.6 is 0 Å². The van der Waals surface area contributed by atoms with E-state index in [0.717, 1.165) is 67.0 Å². The van der Waals surface area contributed by atoms with Gasteiger partial charge in [0.25, 0.3) is 0 Å². The van der Waals surface area contributed by atoms with Crippen molar-refractivity contribution >= 4 is 10.8 Å². The summed E-state index contributed by atoms with van der Waals surface area (Å²) in [5.74, 6) is 0.682. The van der Waals surface area contributed by atoms with Crippen molar-refractivity contribution in [2.45, 2.75) is 13.0 Å². The minimum absolute atomic E-state index is 0.152. The van der Waals surface area contributed by atoms with Crippen molar-refractivity contribution in [2.24, 2.45) is 0 Å². The van der Waals surface area contributed by atoms with Crippen molar-refractivity contribution in [3.63, 3.8) is 0 Å². The topological polar surface area (TPSA) is 50.7 Å². The van der Waals surface area contributed by atoms with Gasteiger partial charge in [0.2, 0.25) is 0 Å². The molecule has 2 aromatic heterocycles. The van der Waals surface area contributed by atoms with Crippen molar-refractivity contribution in [2.75, 3.05) is 0 Å². The van der Waals surface area contributed by atoms with E-state index in [1.165, 1.54) is 16.5 Å². The fourth-order valence-electron chi connectivity index (χ4n) is 7.15. The van der Waals surface area contributed by atoms with E-state index in [4.69, 9.17) is 9.97 Å². The van der Waals surface area contributed by atoms with E-state index in [9.17, 15) is 0 Å². The maximum atomic E-state index is 5.34. The summed E-state index contributed by atoms with van der Waals surface area (Å²) in [5, 5.41) is 5.78. The molecule has 0 amide bonds. The molecule has 9 rings (SSSR count). The lowest BCUT2D eigenvalue weighted by molar-refractivity contribution is 0.746. The van der Waals surface area contributed by atoms with Gasteiger partial charge in [-0.05, 0) is 99.8 Å². The summed E-state index contributed by atoms with van der Waals surface area (Å²) in [6, 6.07) is 55.8. The number of nitrogens with one attached hydrogen (secondary N) is 1. The van der Waals surface area contributed by atoms with Crippen LogP contribution in [0, 0.1) is 6.92 Å². The molecule has 0 fully saturated rings. The number of nitrogens with zero attached hydrogens (tertiary/aromatic N) is 3. The van der Waals surface area contributed by atoms with Gasteiger partial charge in [-0.25, -0.2) is 9.97 Å². The largest absolute Gasteiger partial charge is 0.381 e. The second-order valence-electron chi connectivity index (χ2n) is 13.4. The van der Waals surface area contributed by atoms with Gasteiger partial charge in [-0.1, -0.05) is 133 Å². The van der Waals surface area contributed by atoms with Gasteiger partial charge in [0, 0.05) is 28.5 Å². The summed E-state index contributed by atoms with van der Waals surface area (Å²) in [4.78, 5) is 15.2. The smallest absolute Gasteiger partial charge is 0.160 e. The maximum Gasteiger partial charge on any atom is 0.160 e. The molecule has 0 saturated carbocycles. The Bertz CT molecular complexity index is 2630. The van der Waals surface area contributed by atoms with Crippen molar-refractivity contribution in [3.8, 4) is 67.4 Å². The third-order valence-corrected chi connectivity index (χ3v) is 9.97. The molecule has 0 radical (unpaired) electrons. The number of allylic oxidation sites excluding steroid dienone is 2. The molecule has 1 aliphatic rings. The Labute approximate surface area is 309 Å². The van der Waals surface area contributed by atoms with Gasteiger partial charge in [-0.15, -0.1) is 0 Å². The fourth-order valence-corrected chi connectivity index (χ4v) is 7.15. The predicted octanol–water partition coefficient (Wildman–Crippen LogP) is 12.0. The van der Waals surface area contributed by atoms with Crippen molar-refractivity contribution in [1.82, 2.24) is 20.3 Å². The first-order chi connectivity index (χ1) is 26.2. The monoisotopic (exact) mass is 680 g/mol. The number of benzene rings is 6. The van der Waals surface area contributed by atoms with Crippen molar-refractivity contribution in [1.29, 1.82) is 0 Å². The molecule has 252 valence electrons. The molecule has 0 spiro atoms. The van der Waals surface area contributed by atoms with Crippen LogP contribution < -0.4 is 5.32 Å². The molecule has 0 bridgehead atoms. The second-order valence-corrected chi connectivity index (χ2v) is 13.4. The Balaban J connectivity index is 1.22. The van der Waals surface area contributed by atoms with Crippen LogP contribution in [0.5, 0.6) is 0 Å². The number of fused-ring (bicyclic) bond motifs is 1. The first-order valence-electron chi connectivity index (χ1n) is 18.0. The highest BCUT2D eigenvalue weighted by Crippen LogP contribution is 2.37. The van der Waals surface area contributed by atoms with Gasteiger partial charge in [0.05, 0.1) is 23.1 Å². The summed E-state index contributed by atoms with van der Waals surface area (Å²) in [7, 11) is 0.